The number of amides is 1. The summed E-state index contributed by atoms with van der Waals surface area (Å²) in [5, 5.41) is 11.3. The number of carbonyl (C=O) groups excluding carboxylic acids is 2. The van der Waals surface area contributed by atoms with E-state index in [1.165, 1.54) is 19.1 Å². The van der Waals surface area contributed by atoms with Crippen molar-refractivity contribution in [2.45, 2.75) is 25.3 Å². The quantitative estimate of drug-likeness (QED) is 0.741. The normalized spacial score (nSPS) is 17.2. The van der Waals surface area contributed by atoms with Gasteiger partial charge in [-0.3, -0.25) is 9.59 Å². The Balaban J connectivity index is 2.83. The fourth-order valence-corrected chi connectivity index (χ4v) is 1.48. The first-order valence-electron chi connectivity index (χ1n) is 4.66. The van der Waals surface area contributed by atoms with Gasteiger partial charge in [0.15, 0.2) is 5.78 Å². The Hall–Kier alpha value is -1.89. The van der Waals surface area contributed by atoms with Crippen molar-refractivity contribution < 1.29 is 9.59 Å². The van der Waals surface area contributed by atoms with E-state index in [1.54, 1.807) is 12.2 Å². The van der Waals surface area contributed by atoms with Crippen LogP contribution in [0, 0.1) is 11.3 Å². The van der Waals surface area contributed by atoms with E-state index in [0.717, 1.165) is 0 Å². The molecule has 0 aliphatic heterocycles. The van der Waals surface area contributed by atoms with Crippen molar-refractivity contribution in [3.8, 4) is 6.07 Å². The second kappa shape index (κ2) is 4.56. The molecule has 15 heavy (non-hydrogen) atoms. The van der Waals surface area contributed by atoms with E-state index in [2.05, 4.69) is 5.32 Å². The second-order valence-electron chi connectivity index (χ2n) is 3.45. The molecule has 1 aliphatic carbocycles. The zero-order valence-electron chi connectivity index (χ0n) is 8.49. The standard InChI is InChI=1S/C11H12N2O2/c1-9(14)13-11(5-2-8-12)6-3-10(15)4-7-11/h3-4,6-7H,2,5H2,1H3,(H,13,14). The molecule has 78 valence electrons. The van der Waals surface area contributed by atoms with E-state index >= 15 is 0 Å². The van der Waals surface area contributed by atoms with Crippen molar-refractivity contribution in [1.29, 1.82) is 5.26 Å². The summed E-state index contributed by atoms with van der Waals surface area (Å²) in [5.41, 5.74) is -0.671. The maximum atomic E-state index is 11.0. The Labute approximate surface area is 88.3 Å². The Kier molecular flexibility index (Phi) is 3.40. The first-order chi connectivity index (χ1) is 7.08. The number of nitrogens with zero attached hydrogens (tertiary/aromatic N) is 1. The molecule has 1 N–H and O–H groups in total. The molecule has 0 unspecified atom stereocenters. The number of ketones is 1. The van der Waals surface area contributed by atoms with Crippen LogP contribution in [0.4, 0.5) is 0 Å². The summed E-state index contributed by atoms with van der Waals surface area (Å²) in [4.78, 5) is 22.0. The summed E-state index contributed by atoms with van der Waals surface area (Å²) < 4.78 is 0. The molecule has 4 nitrogen and oxygen atoms in total. The fraction of sp³-hybridized carbons (Fsp3) is 0.364. The van der Waals surface area contributed by atoms with Gasteiger partial charge in [0.25, 0.3) is 0 Å². The van der Waals surface area contributed by atoms with Gasteiger partial charge in [0.1, 0.15) is 0 Å². The molecule has 0 fully saturated rings. The summed E-state index contributed by atoms with van der Waals surface area (Å²) in [5.74, 6) is -0.287. The number of nitriles is 1. The van der Waals surface area contributed by atoms with Gasteiger partial charge in [-0.15, -0.1) is 0 Å². The van der Waals surface area contributed by atoms with Crippen LogP contribution in [0.2, 0.25) is 0 Å². The van der Waals surface area contributed by atoms with Crippen LogP contribution in [0.1, 0.15) is 19.8 Å². The molecule has 0 heterocycles. The molecule has 1 amide bonds. The van der Waals surface area contributed by atoms with Gasteiger partial charge < -0.3 is 5.32 Å². The SMILES string of the molecule is CC(=O)NC1(CCC#N)C=CC(=O)C=C1. The van der Waals surface area contributed by atoms with Crippen molar-refractivity contribution in [1.82, 2.24) is 5.32 Å². The molecule has 0 saturated heterocycles. The van der Waals surface area contributed by atoms with Gasteiger partial charge in [-0.1, -0.05) is 12.2 Å². The van der Waals surface area contributed by atoms with Crippen LogP contribution in [-0.4, -0.2) is 17.2 Å². The Bertz CT molecular complexity index is 359. The minimum Gasteiger partial charge on any atom is -0.344 e. The third-order valence-electron chi connectivity index (χ3n) is 2.15. The van der Waals surface area contributed by atoms with Crippen LogP contribution in [-0.2, 0) is 9.59 Å². The largest absolute Gasteiger partial charge is 0.344 e. The molecule has 0 spiro atoms. The number of nitrogens with one attached hydrogen (secondary N) is 1. The zero-order chi connectivity index (χ0) is 11.3. The molecular formula is C11H12N2O2. The first kappa shape index (κ1) is 11.2. The average Bonchev–Trinajstić information content (AvgIpc) is 2.19. The lowest BCUT2D eigenvalue weighted by molar-refractivity contribution is -0.120. The summed E-state index contributed by atoms with van der Waals surface area (Å²) in [7, 11) is 0. The minimum atomic E-state index is -0.671. The molecule has 1 rings (SSSR count). The third-order valence-corrected chi connectivity index (χ3v) is 2.15. The van der Waals surface area contributed by atoms with E-state index in [9.17, 15) is 9.59 Å². The van der Waals surface area contributed by atoms with Gasteiger partial charge in [0.2, 0.25) is 5.91 Å². The second-order valence-corrected chi connectivity index (χ2v) is 3.45. The molecular weight excluding hydrogens is 192 g/mol. The Morgan fingerprint density at radius 3 is 2.60 bits per heavy atom. The summed E-state index contributed by atoms with van der Waals surface area (Å²) in [6, 6.07) is 2.02. The minimum absolute atomic E-state index is 0.104. The Morgan fingerprint density at radius 2 is 2.13 bits per heavy atom. The predicted octanol–water partition coefficient (Wildman–Crippen LogP) is 0.860. The molecule has 0 aromatic rings. The van der Waals surface area contributed by atoms with Gasteiger partial charge in [0, 0.05) is 13.3 Å². The van der Waals surface area contributed by atoms with Crippen molar-refractivity contribution in [3.05, 3.63) is 24.3 Å². The molecule has 0 bridgehead atoms. The molecule has 4 heteroatoms. The molecule has 0 aromatic carbocycles. The maximum Gasteiger partial charge on any atom is 0.217 e. The van der Waals surface area contributed by atoms with Crippen LogP contribution in [0.3, 0.4) is 0 Å². The molecule has 0 radical (unpaired) electrons. The lowest BCUT2D eigenvalue weighted by atomic mass is 9.88. The lowest BCUT2D eigenvalue weighted by Crippen LogP contribution is -2.45. The van der Waals surface area contributed by atoms with E-state index < -0.39 is 5.54 Å². The van der Waals surface area contributed by atoms with Crippen LogP contribution < -0.4 is 5.32 Å². The van der Waals surface area contributed by atoms with Gasteiger partial charge >= 0.3 is 0 Å². The van der Waals surface area contributed by atoms with Crippen LogP contribution in [0.15, 0.2) is 24.3 Å². The average molecular weight is 204 g/mol. The summed E-state index contributed by atoms with van der Waals surface area (Å²) >= 11 is 0. The topological polar surface area (TPSA) is 70.0 Å². The van der Waals surface area contributed by atoms with Crippen LogP contribution >= 0.6 is 0 Å². The van der Waals surface area contributed by atoms with Gasteiger partial charge in [-0.05, 0) is 18.6 Å². The highest BCUT2D eigenvalue weighted by molar-refractivity contribution is 6.00. The smallest absolute Gasteiger partial charge is 0.217 e. The molecule has 0 saturated carbocycles. The first-order valence-corrected chi connectivity index (χ1v) is 4.66. The van der Waals surface area contributed by atoms with E-state index in [4.69, 9.17) is 5.26 Å². The highest BCUT2D eigenvalue weighted by Crippen LogP contribution is 2.20. The van der Waals surface area contributed by atoms with Crippen LogP contribution in [0.25, 0.3) is 0 Å². The van der Waals surface area contributed by atoms with Gasteiger partial charge in [-0.2, -0.15) is 5.26 Å². The van der Waals surface area contributed by atoms with Crippen molar-refractivity contribution in [2.75, 3.05) is 0 Å². The highest BCUT2D eigenvalue weighted by Gasteiger charge is 2.26. The van der Waals surface area contributed by atoms with Gasteiger partial charge in [0.05, 0.1) is 11.6 Å². The number of allylic oxidation sites excluding steroid dienone is 2. The van der Waals surface area contributed by atoms with Gasteiger partial charge in [-0.25, -0.2) is 0 Å². The molecule has 0 aromatic heterocycles. The summed E-state index contributed by atoms with van der Waals surface area (Å²) in [6.45, 7) is 1.41. The fourth-order valence-electron chi connectivity index (χ4n) is 1.48. The number of hydrogen-bond donors (Lipinski definition) is 1. The lowest BCUT2D eigenvalue weighted by Gasteiger charge is -2.28. The van der Waals surface area contributed by atoms with E-state index in [-0.39, 0.29) is 11.7 Å². The maximum absolute atomic E-state index is 11.0. The number of hydrogen-bond acceptors (Lipinski definition) is 3. The molecule has 1 aliphatic rings. The molecule has 0 atom stereocenters. The number of carbonyl (C=O) groups is 2. The van der Waals surface area contributed by atoms with Crippen molar-refractivity contribution in [3.63, 3.8) is 0 Å². The van der Waals surface area contributed by atoms with Crippen molar-refractivity contribution in [2.24, 2.45) is 0 Å². The third kappa shape index (κ3) is 3.06. The predicted molar refractivity (Wildman–Crippen MR) is 54.7 cm³/mol. The Morgan fingerprint density at radius 1 is 1.53 bits per heavy atom. The summed E-state index contributed by atoms with van der Waals surface area (Å²) in [6.07, 6.45) is 6.88. The monoisotopic (exact) mass is 204 g/mol. The number of rotatable bonds is 3. The van der Waals surface area contributed by atoms with Crippen LogP contribution in [0.5, 0.6) is 0 Å². The van der Waals surface area contributed by atoms with Crippen molar-refractivity contribution >= 4 is 11.7 Å². The van der Waals surface area contributed by atoms with E-state index in [1.807, 2.05) is 6.07 Å². The van der Waals surface area contributed by atoms with E-state index in [0.29, 0.717) is 12.8 Å². The zero-order valence-corrected chi connectivity index (χ0v) is 8.49. The highest BCUT2D eigenvalue weighted by atomic mass is 16.1.